The smallest absolute Gasteiger partial charge is 0.410 e. The number of ether oxygens (including phenoxy) is 2. The number of rotatable bonds is 5. The van der Waals surface area contributed by atoms with Crippen LogP contribution in [0.15, 0.2) is 48.5 Å². The van der Waals surface area contributed by atoms with Crippen LogP contribution in [-0.2, 0) is 29.2 Å². The van der Waals surface area contributed by atoms with Gasteiger partial charge in [0.15, 0.2) is 0 Å². The van der Waals surface area contributed by atoms with Crippen molar-refractivity contribution in [2.24, 2.45) is 5.92 Å². The predicted molar refractivity (Wildman–Crippen MR) is 127 cm³/mol. The van der Waals surface area contributed by atoms with Crippen LogP contribution < -0.4 is 5.32 Å². The molecule has 1 atom stereocenters. The second kappa shape index (κ2) is 9.73. The summed E-state index contributed by atoms with van der Waals surface area (Å²) >= 11 is 0. The van der Waals surface area contributed by atoms with Gasteiger partial charge in [0.2, 0.25) is 0 Å². The Bertz CT molecular complexity index is 987. The molecule has 7 nitrogen and oxygen atoms in total. The van der Waals surface area contributed by atoms with Crippen molar-refractivity contribution in [3.05, 3.63) is 65.2 Å². The molecule has 0 aliphatic carbocycles. The third-order valence-corrected chi connectivity index (χ3v) is 5.97. The average molecular weight is 452 g/mol. The standard InChI is InChI=1S/C26H33N3O4/c1-26(2,3)33-25(31)28-13-12-20(15-28)14-27-23-11-7-10-21-16-29(17-22(21)23)24(30)32-18-19-8-5-4-6-9-19/h4-11,20,27H,12-18H2,1-3H3/t20-/m0/s1. The number of amides is 2. The van der Waals surface area contributed by atoms with Crippen molar-refractivity contribution in [1.82, 2.24) is 9.80 Å². The minimum Gasteiger partial charge on any atom is -0.445 e. The Morgan fingerprint density at radius 2 is 1.79 bits per heavy atom. The fourth-order valence-corrected chi connectivity index (χ4v) is 4.27. The highest BCUT2D eigenvalue weighted by atomic mass is 16.6. The second-order valence-corrected chi connectivity index (χ2v) is 9.80. The molecule has 1 fully saturated rings. The zero-order valence-electron chi connectivity index (χ0n) is 19.7. The van der Waals surface area contributed by atoms with Gasteiger partial charge in [-0.3, -0.25) is 4.90 Å². The van der Waals surface area contributed by atoms with E-state index in [1.807, 2.05) is 57.2 Å². The zero-order chi connectivity index (χ0) is 23.4. The van der Waals surface area contributed by atoms with Crippen LogP contribution in [0.1, 0.15) is 43.9 Å². The van der Waals surface area contributed by atoms with Crippen LogP contribution in [0.5, 0.6) is 0 Å². The largest absolute Gasteiger partial charge is 0.445 e. The number of hydrogen-bond donors (Lipinski definition) is 1. The van der Waals surface area contributed by atoms with Crippen LogP contribution in [0, 0.1) is 5.92 Å². The average Bonchev–Trinajstić information content (AvgIpc) is 3.43. The van der Waals surface area contributed by atoms with E-state index in [4.69, 9.17) is 9.47 Å². The number of carbonyl (C=O) groups excluding carboxylic acids is 2. The number of benzene rings is 2. The maximum absolute atomic E-state index is 12.6. The van der Waals surface area contributed by atoms with Crippen molar-refractivity contribution in [1.29, 1.82) is 0 Å². The van der Waals surface area contributed by atoms with E-state index in [-0.39, 0.29) is 18.8 Å². The van der Waals surface area contributed by atoms with Crippen LogP contribution in [0.3, 0.4) is 0 Å². The molecule has 2 aliphatic rings. The molecule has 1 N–H and O–H groups in total. The van der Waals surface area contributed by atoms with Gasteiger partial charge in [0.25, 0.3) is 0 Å². The van der Waals surface area contributed by atoms with Gasteiger partial charge in [-0.15, -0.1) is 0 Å². The Hall–Kier alpha value is -3.22. The number of nitrogens with one attached hydrogen (secondary N) is 1. The van der Waals surface area contributed by atoms with E-state index in [9.17, 15) is 9.59 Å². The van der Waals surface area contributed by atoms with E-state index in [1.165, 1.54) is 0 Å². The molecule has 0 bridgehead atoms. The Balaban J connectivity index is 1.29. The van der Waals surface area contributed by atoms with Crippen molar-refractivity contribution in [3.8, 4) is 0 Å². The van der Waals surface area contributed by atoms with Gasteiger partial charge >= 0.3 is 12.2 Å². The molecule has 0 saturated carbocycles. The molecule has 0 radical (unpaired) electrons. The molecule has 4 rings (SSSR count). The van der Waals surface area contributed by atoms with Gasteiger partial charge in [-0.2, -0.15) is 0 Å². The molecule has 1 saturated heterocycles. The van der Waals surface area contributed by atoms with Gasteiger partial charge in [-0.1, -0.05) is 42.5 Å². The molecule has 2 aromatic rings. The lowest BCUT2D eigenvalue weighted by Crippen LogP contribution is -2.35. The summed E-state index contributed by atoms with van der Waals surface area (Å²) in [6, 6.07) is 15.8. The molecule has 7 heteroatoms. The maximum atomic E-state index is 12.6. The number of hydrogen-bond acceptors (Lipinski definition) is 5. The summed E-state index contributed by atoms with van der Waals surface area (Å²) in [7, 11) is 0. The number of nitrogens with zero attached hydrogens (tertiary/aromatic N) is 2. The van der Waals surface area contributed by atoms with Gasteiger partial charge in [0.05, 0.1) is 6.54 Å². The van der Waals surface area contributed by atoms with Gasteiger partial charge < -0.3 is 19.7 Å². The minimum absolute atomic E-state index is 0.241. The normalized spacial score (nSPS) is 17.6. The topological polar surface area (TPSA) is 71.1 Å². The molecule has 33 heavy (non-hydrogen) atoms. The SMILES string of the molecule is CC(C)(C)OC(=O)N1CC[C@@H](CNc2cccc3c2CN(C(=O)OCc2ccccc2)C3)C1. The first kappa shape index (κ1) is 23.0. The fourth-order valence-electron chi connectivity index (χ4n) is 4.27. The second-order valence-electron chi connectivity index (χ2n) is 9.80. The molecule has 0 aromatic heterocycles. The fraction of sp³-hybridized carbons (Fsp3) is 0.462. The molecule has 2 amide bonds. The van der Waals surface area contributed by atoms with E-state index < -0.39 is 5.60 Å². The first-order chi connectivity index (χ1) is 15.8. The molecule has 2 aliphatic heterocycles. The lowest BCUT2D eigenvalue weighted by Gasteiger charge is -2.24. The molecule has 2 heterocycles. The van der Waals surface area contributed by atoms with Crippen molar-refractivity contribution >= 4 is 17.9 Å². The van der Waals surface area contributed by atoms with E-state index in [2.05, 4.69) is 17.4 Å². The molecular weight excluding hydrogens is 418 g/mol. The highest BCUT2D eigenvalue weighted by molar-refractivity contribution is 5.71. The predicted octanol–water partition coefficient (Wildman–Crippen LogP) is 5.01. The van der Waals surface area contributed by atoms with Crippen molar-refractivity contribution in [3.63, 3.8) is 0 Å². The van der Waals surface area contributed by atoms with Gasteiger partial charge in [0, 0.05) is 31.9 Å². The van der Waals surface area contributed by atoms with Crippen molar-refractivity contribution < 1.29 is 19.1 Å². The molecule has 0 spiro atoms. The number of carbonyl (C=O) groups is 2. The van der Waals surface area contributed by atoms with Gasteiger partial charge in [-0.25, -0.2) is 9.59 Å². The summed E-state index contributed by atoms with van der Waals surface area (Å²) < 4.78 is 11.0. The van der Waals surface area contributed by atoms with Gasteiger partial charge in [0.1, 0.15) is 12.2 Å². The Kier molecular flexibility index (Phi) is 6.77. The Morgan fingerprint density at radius 1 is 1.00 bits per heavy atom. The highest BCUT2D eigenvalue weighted by Gasteiger charge is 2.30. The number of fused-ring (bicyclic) bond motifs is 1. The van der Waals surface area contributed by atoms with E-state index in [1.54, 1.807) is 9.80 Å². The van der Waals surface area contributed by atoms with Gasteiger partial charge in [-0.05, 0) is 55.9 Å². The summed E-state index contributed by atoms with van der Waals surface area (Å²) in [4.78, 5) is 28.4. The van der Waals surface area contributed by atoms with Crippen molar-refractivity contribution in [2.75, 3.05) is 25.0 Å². The third-order valence-electron chi connectivity index (χ3n) is 5.97. The van der Waals surface area contributed by atoms with Crippen LogP contribution in [0.25, 0.3) is 0 Å². The molecule has 2 aromatic carbocycles. The lowest BCUT2D eigenvalue weighted by molar-refractivity contribution is 0.0289. The Morgan fingerprint density at radius 3 is 2.55 bits per heavy atom. The summed E-state index contributed by atoms with van der Waals surface area (Å²) in [5, 5.41) is 3.55. The zero-order valence-corrected chi connectivity index (χ0v) is 19.7. The highest BCUT2D eigenvalue weighted by Crippen LogP contribution is 2.30. The number of anilines is 1. The van der Waals surface area contributed by atoms with Crippen LogP contribution >= 0.6 is 0 Å². The first-order valence-electron chi connectivity index (χ1n) is 11.6. The number of likely N-dealkylation sites (tertiary alicyclic amines) is 1. The van der Waals surface area contributed by atoms with E-state index >= 15 is 0 Å². The van der Waals surface area contributed by atoms with Crippen LogP contribution in [0.2, 0.25) is 0 Å². The third kappa shape index (κ3) is 5.97. The Labute approximate surface area is 195 Å². The van der Waals surface area contributed by atoms with E-state index in [0.717, 1.165) is 41.9 Å². The minimum atomic E-state index is -0.480. The van der Waals surface area contributed by atoms with Crippen LogP contribution in [0.4, 0.5) is 15.3 Å². The lowest BCUT2D eigenvalue weighted by atomic mass is 10.1. The summed E-state index contributed by atoms with van der Waals surface area (Å²) in [5.74, 6) is 0.363. The van der Waals surface area contributed by atoms with E-state index in [0.29, 0.717) is 25.6 Å². The summed E-state index contributed by atoms with van der Waals surface area (Å²) in [6.07, 6.45) is 0.402. The molecule has 176 valence electrons. The van der Waals surface area contributed by atoms with Crippen LogP contribution in [-0.4, -0.2) is 47.2 Å². The molecular formula is C26H33N3O4. The van der Waals surface area contributed by atoms with Crippen molar-refractivity contribution in [2.45, 2.75) is 52.5 Å². The molecule has 0 unspecified atom stereocenters. The monoisotopic (exact) mass is 451 g/mol. The first-order valence-corrected chi connectivity index (χ1v) is 11.6. The summed E-state index contributed by atoms with van der Waals surface area (Å²) in [6.45, 7) is 9.19. The summed E-state index contributed by atoms with van der Waals surface area (Å²) in [5.41, 5.74) is 3.81. The quantitative estimate of drug-likeness (QED) is 0.692. The maximum Gasteiger partial charge on any atom is 0.410 e.